The minimum atomic E-state index is -4.99. The molecule has 0 spiro atoms. The van der Waals surface area contributed by atoms with Crippen molar-refractivity contribution in [2.45, 2.75) is 200 Å². The van der Waals surface area contributed by atoms with E-state index in [0.29, 0.717) is 35.8 Å². The maximum atomic E-state index is 13.9. The number of aryl methyl sites for hydroxylation is 6. The predicted octanol–water partition coefficient (Wildman–Crippen LogP) is 14.1. The highest BCUT2D eigenvalue weighted by atomic mass is 79.9. The molecule has 0 bridgehead atoms. The van der Waals surface area contributed by atoms with Crippen LogP contribution in [0.4, 0.5) is 79.0 Å². The number of fused-ring (bicyclic) bond motifs is 3. The molecule has 0 saturated carbocycles. The molecule has 1 aliphatic heterocycles. The number of aromatic amines is 1. The van der Waals surface area contributed by atoms with E-state index >= 15 is 0 Å². The first-order valence-corrected chi connectivity index (χ1v) is 39.7. The van der Waals surface area contributed by atoms with Crippen LogP contribution in [-0.4, -0.2) is 138 Å². The minimum absolute atomic E-state index is 0.0538. The molecule has 1 aliphatic rings. The Kier molecular flexibility index (Phi) is 25.0. The number of aromatic nitrogens is 15. The van der Waals surface area contributed by atoms with Crippen LogP contribution in [0.15, 0.2) is 74.6 Å². The van der Waals surface area contributed by atoms with Crippen LogP contribution in [0, 0.1) is 20.8 Å². The molecular weight excluding hydrogens is 1530 g/mol. The van der Waals surface area contributed by atoms with Gasteiger partial charge in [0.25, 0.3) is 16.7 Å². The molecule has 9 aromatic heterocycles. The van der Waals surface area contributed by atoms with Gasteiger partial charge < -0.3 is 23.8 Å². The van der Waals surface area contributed by atoms with Gasteiger partial charge in [0.2, 0.25) is 17.3 Å². The quantitative estimate of drug-likeness (QED) is 0.0453. The molecule has 1 saturated heterocycles. The first-order chi connectivity index (χ1) is 47.4. The number of halogens is 19. The van der Waals surface area contributed by atoms with E-state index in [9.17, 15) is 93.4 Å². The highest BCUT2D eigenvalue weighted by molar-refractivity contribution is 9.10. The molecule has 0 radical (unpaired) electrons. The first-order valence-electron chi connectivity index (χ1n) is 31.5. The summed E-state index contributed by atoms with van der Waals surface area (Å²) in [6.45, 7) is 25.2. The van der Waals surface area contributed by atoms with Crippen molar-refractivity contribution < 1.29 is 97.8 Å². The summed E-state index contributed by atoms with van der Waals surface area (Å²) in [5, 5.41) is 11.2. The van der Waals surface area contributed by atoms with E-state index in [0.717, 1.165) is 59.4 Å². The van der Waals surface area contributed by atoms with Crippen molar-refractivity contribution in [3.05, 3.63) is 125 Å². The van der Waals surface area contributed by atoms with E-state index in [-0.39, 0.29) is 48.5 Å². The number of rotatable bonds is 19. The molecule has 10 heterocycles. The summed E-state index contributed by atoms with van der Waals surface area (Å²) >= 11 is 2.70. The summed E-state index contributed by atoms with van der Waals surface area (Å²) in [6, 6.07) is 1.80. The second kappa shape index (κ2) is 31.1. The highest BCUT2D eigenvalue weighted by Crippen LogP contribution is 2.39. The third-order valence-corrected chi connectivity index (χ3v) is 20.1. The zero-order chi connectivity index (χ0) is 78.2. The molecule has 104 heavy (non-hydrogen) atoms. The lowest BCUT2D eigenvalue weighted by Crippen LogP contribution is -2.41. The summed E-state index contributed by atoms with van der Waals surface area (Å²) in [6.07, 6.45) is -20.1. The molecule has 0 atom stereocenters. The van der Waals surface area contributed by atoms with Gasteiger partial charge in [0.15, 0.2) is 17.1 Å². The summed E-state index contributed by atoms with van der Waals surface area (Å²) < 4.78 is 263. The van der Waals surface area contributed by atoms with Gasteiger partial charge in [-0.3, -0.25) is 50.8 Å². The van der Waals surface area contributed by atoms with Gasteiger partial charge in [-0.1, -0.05) is 39.3 Å². The van der Waals surface area contributed by atoms with E-state index in [1.807, 2.05) is 27.7 Å². The van der Waals surface area contributed by atoms with Gasteiger partial charge in [-0.15, -0.1) is 0 Å². The van der Waals surface area contributed by atoms with Crippen LogP contribution in [-0.2, 0) is 70.4 Å². The lowest BCUT2D eigenvalue weighted by Gasteiger charge is -2.32. The smallest absolute Gasteiger partial charge is 0.399 e. The minimum Gasteiger partial charge on any atom is -0.399 e. The van der Waals surface area contributed by atoms with Crippen LogP contribution in [0.3, 0.4) is 0 Å². The van der Waals surface area contributed by atoms with Gasteiger partial charge in [-0.25, -0.2) is 15.0 Å². The molecule has 0 unspecified atom stereocenters. The number of nitrogens with one attached hydrogen (secondary N) is 1. The first kappa shape index (κ1) is 83.7. The molecule has 0 aliphatic carbocycles. The number of hydrogen-bond donors (Lipinski definition) is 1. The van der Waals surface area contributed by atoms with Crippen LogP contribution >= 0.6 is 15.9 Å². The standard InChI is InChI=1S/C20H25F6N5O2Si.C14H19BrF3N3O2Si.C14H11F6N5O.C12H18BF3N2O2/c1-13-10-30-17(32)15(14-9-27-29(11-14)6-5-19(21,22)23)16(20(24,25)26)28-18(30)31(13)12-33-7-8-34(2,3)4;1-9-7-20-12(22)10(15)11(14(16,17)18)19-13(20)21(9)8-23-5-6-24(2,3)4;1-7-5-25-11(26)9(10(14(18,19)20)23-12(25)22-7)8-4-21-24(6-8)3-2-13(15,16)17;1-10(2)11(3,4)20-13(19-10)9-7-17-18(8-9)6-5-12(14,15)16/h9-11H,5-8,12H2,1-4H3;7H,5-6,8H2,1-4H3;4-6H,2-3H2,1H3,(H,22,23);7-8H,5-6H2,1-4H3. The average Bonchev–Trinajstić information content (AvgIpc) is 1.53. The Balaban J connectivity index is 0.000000197. The summed E-state index contributed by atoms with van der Waals surface area (Å²) in [7, 11) is -3.23. The Morgan fingerprint density at radius 2 is 0.865 bits per heavy atom. The largest absolute Gasteiger partial charge is 0.498 e. The number of ether oxygens (including phenoxy) is 2. The highest BCUT2D eigenvalue weighted by Gasteiger charge is 2.52. The van der Waals surface area contributed by atoms with Crippen molar-refractivity contribution in [2.75, 3.05) is 13.2 Å². The molecule has 9 aromatic rings. The van der Waals surface area contributed by atoms with Crippen molar-refractivity contribution in [1.29, 1.82) is 0 Å². The monoisotopic (exact) mass is 1600 g/mol. The Hall–Kier alpha value is -7.55. The normalized spacial score (nSPS) is 14.7. The summed E-state index contributed by atoms with van der Waals surface area (Å²) in [5.41, 5.74) is -7.82. The maximum absolute atomic E-state index is 13.9. The lowest BCUT2D eigenvalue weighted by atomic mass is 9.82. The Labute approximate surface area is 590 Å². The number of H-pyrrole nitrogens is 1. The second-order valence-electron chi connectivity index (χ2n) is 27.6. The van der Waals surface area contributed by atoms with Gasteiger partial charge in [-0.05, 0) is 76.5 Å². The van der Waals surface area contributed by atoms with Crippen molar-refractivity contribution in [3.63, 3.8) is 0 Å². The SMILES string of the molecule is CC1(C)OB(c2cnn(CCC(F)(F)F)c2)OC1(C)C.Cc1cn2c(=O)c(-c3cnn(CCC(F)(F)F)c3)c(C(F)(F)F)nc2[nH]1.Cc1cn2c(=O)c(-c3cnn(CCC(F)(F)F)c3)c(C(F)(F)F)nc2n1COCC[Si](C)(C)C.Cc1cn2c(=O)c(Br)c(C(F)(F)F)nc2n1COCC[Si](C)(C)C. The van der Waals surface area contributed by atoms with E-state index in [1.165, 1.54) is 51.7 Å². The predicted molar refractivity (Wildman–Crippen MR) is 352 cm³/mol. The fourth-order valence-corrected chi connectivity index (χ4v) is 11.7. The Morgan fingerprint density at radius 1 is 0.500 bits per heavy atom. The third kappa shape index (κ3) is 21.8. The molecule has 44 heteroatoms. The maximum Gasteiger partial charge on any atom is 0.498 e. The topological polar surface area (TPSA) is 219 Å². The second-order valence-corrected chi connectivity index (χ2v) is 39.7. The fourth-order valence-electron chi connectivity index (χ4n) is 9.67. The van der Waals surface area contributed by atoms with E-state index in [2.05, 4.69) is 90.4 Å². The molecular formula is C60H73BBrF18N15O7Si2. The van der Waals surface area contributed by atoms with Crippen LogP contribution in [0.25, 0.3) is 39.6 Å². The van der Waals surface area contributed by atoms with Gasteiger partial charge in [0.05, 0.1) is 54.0 Å². The molecule has 1 N–H and O–H groups in total. The summed E-state index contributed by atoms with van der Waals surface area (Å²) in [4.78, 5) is 51.2. The molecule has 22 nitrogen and oxygen atoms in total. The number of hydrogen-bond acceptors (Lipinski definition) is 13. The average molecular weight is 1610 g/mol. The fraction of sp³-hybridized carbons (Fsp3) is 0.550. The van der Waals surface area contributed by atoms with Gasteiger partial charge in [0, 0.05) is 126 Å². The van der Waals surface area contributed by atoms with Gasteiger partial charge in [-0.2, -0.15) is 94.3 Å². The molecule has 0 aromatic carbocycles. The van der Waals surface area contributed by atoms with Crippen LogP contribution in [0.1, 0.15) is 81.1 Å². The number of imidazole rings is 3. The van der Waals surface area contributed by atoms with Crippen molar-refractivity contribution in [2.24, 2.45) is 0 Å². The lowest BCUT2D eigenvalue weighted by molar-refractivity contribution is -0.142. The molecule has 0 amide bonds. The molecule has 1 fully saturated rings. The Morgan fingerprint density at radius 3 is 1.26 bits per heavy atom. The molecule has 574 valence electrons. The van der Waals surface area contributed by atoms with Crippen molar-refractivity contribution >= 4 is 62.0 Å². The number of nitrogens with zero attached hydrogens (tertiary/aromatic N) is 14. The van der Waals surface area contributed by atoms with E-state index in [4.69, 9.17) is 18.8 Å². The van der Waals surface area contributed by atoms with Crippen molar-refractivity contribution in [3.8, 4) is 22.3 Å². The number of alkyl halides is 18. The Bertz CT molecular complexity index is 4640. The third-order valence-electron chi connectivity index (χ3n) is 16.0. The van der Waals surface area contributed by atoms with Crippen LogP contribution in [0.2, 0.25) is 51.4 Å². The van der Waals surface area contributed by atoms with Crippen LogP contribution in [0.5, 0.6) is 0 Å². The zero-order valence-corrected chi connectivity index (χ0v) is 61.6. The van der Waals surface area contributed by atoms with Crippen LogP contribution < -0.4 is 22.1 Å². The molecule has 10 rings (SSSR count). The van der Waals surface area contributed by atoms with Crippen molar-refractivity contribution in [1.82, 2.24) is 71.6 Å². The van der Waals surface area contributed by atoms with Gasteiger partial charge in [0.1, 0.15) is 17.9 Å². The van der Waals surface area contributed by atoms with E-state index in [1.54, 1.807) is 13.8 Å². The zero-order valence-electron chi connectivity index (χ0n) is 58.1. The summed E-state index contributed by atoms with van der Waals surface area (Å²) in [5.74, 6) is -0.606. The van der Waals surface area contributed by atoms with E-state index < -0.39 is 153 Å². The van der Waals surface area contributed by atoms with Gasteiger partial charge >= 0.3 is 44.2 Å².